The SMILES string of the molecule is CC1(CNc2ccc(C#N)cc2[N+](=O)[O-])CCNCC1. The highest BCUT2D eigenvalue weighted by Crippen LogP contribution is 2.31. The third-order valence-electron chi connectivity index (χ3n) is 3.84. The summed E-state index contributed by atoms with van der Waals surface area (Å²) in [5.74, 6) is 0. The molecule has 20 heavy (non-hydrogen) atoms. The molecule has 0 amide bonds. The molecule has 1 fully saturated rings. The van der Waals surface area contributed by atoms with Crippen molar-refractivity contribution in [2.75, 3.05) is 25.0 Å². The van der Waals surface area contributed by atoms with Crippen molar-refractivity contribution < 1.29 is 4.92 Å². The number of hydrogen-bond acceptors (Lipinski definition) is 5. The zero-order valence-corrected chi connectivity index (χ0v) is 11.5. The summed E-state index contributed by atoms with van der Waals surface area (Å²) in [7, 11) is 0. The average molecular weight is 274 g/mol. The topological polar surface area (TPSA) is 91.0 Å². The predicted molar refractivity (Wildman–Crippen MR) is 76.5 cm³/mol. The molecule has 0 aromatic heterocycles. The van der Waals surface area contributed by atoms with Gasteiger partial charge in [0.25, 0.3) is 5.69 Å². The van der Waals surface area contributed by atoms with E-state index in [-0.39, 0.29) is 11.1 Å². The summed E-state index contributed by atoms with van der Waals surface area (Å²) in [5, 5.41) is 26.4. The molecule has 0 spiro atoms. The maximum Gasteiger partial charge on any atom is 0.293 e. The highest BCUT2D eigenvalue weighted by atomic mass is 16.6. The molecule has 1 aliphatic rings. The lowest BCUT2D eigenvalue weighted by Crippen LogP contribution is -2.39. The normalized spacial score (nSPS) is 17.2. The van der Waals surface area contributed by atoms with Gasteiger partial charge in [-0.05, 0) is 43.5 Å². The standard InChI is InChI=1S/C14H18N4O2/c1-14(4-6-16-7-5-14)10-17-12-3-2-11(9-15)8-13(12)18(19)20/h2-3,8,16-17H,4-7,10H2,1H3. The van der Waals surface area contributed by atoms with E-state index in [4.69, 9.17) is 5.26 Å². The van der Waals surface area contributed by atoms with Crippen LogP contribution in [0.3, 0.4) is 0 Å². The van der Waals surface area contributed by atoms with Gasteiger partial charge >= 0.3 is 0 Å². The van der Waals surface area contributed by atoms with Gasteiger partial charge in [0.15, 0.2) is 0 Å². The average Bonchev–Trinajstić information content (AvgIpc) is 2.45. The Balaban J connectivity index is 2.13. The molecular weight excluding hydrogens is 256 g/mol. The zero-order chi connectivity index (χ0) is 14.6. The van der Waals surface area contributed by atoms with E-state index >= 15 is 0 Å². The number of nitro groups is 1. The Kier molecular flexibility index (Phi) is 4.20. The summed E-state index contributed by atoms with van der Waals surface area (Å²) in [6, 6.07) is 6.44. The highest BCUT2D eigenvalue weighted by Gasteiger charge is 2.27. The first kappa shape index (κ1) is 14.3. The number of benzene rings is 1. The fourth-order valence-electron chi connectivity index (χ4n) is 2.42. The Hall–Kier alpha value is -2.13. The van der Waals surface area contributed by atoms with E-state index in [0.717, 1.165) is 25.9 Å². The lowest BCUT2D eigenvalue weighted by Gasteiger charge is -2.34. The van der Waals surface area contributed by atoms with E-state index in [9.17, 15) is 10.1 Å². The molecule has 1 aliphatic heterocycles. The Morgan fingerprint density at radius 3 is 2.80 bits per heavy atom. The van der Waals surface area contributed by atoms with Crippen LogP contribution in [0.5, 0.6) is 0 Å². The van der Waals surface area contributed by atoms with Crippen molar-refractivity contribution in [1.29, 1.82) is 5.26 Å². The molecule has 1 saturated heterocycles. The summed E-state index contributed by atoms with van der Waals surface area (Å²) in [4.78, 5) is 10.6. The van der Waals surface area contributed by atoms with Crippen LogP contribution in [-0.4, -0.2) is 24.6 Å². The summed E-state index contributed by atoms with van der Waals surface area (Å²) in [5.41, 5.74) is 0.887. The molecule has 1 aromatic rings. The van der Waals surface area contributed by atoms with Gasteiger partial charge in [-0.3, -0.25) is 10.1 Å². The van der Waals surface area contributed by atoms with Crippen molar-refractivity contribution in [3.05, 3.63) is 33.9 Å². The van der Waals surface area contributed by atoms with E-state index in [1.54, 1.807) is 12.1 Å². The summed E-state index contributed by atoms with van der Waals surface area (Å²) >= 11 is 0. The quantitative estimate of drug-likeness (QED) is 0.649. The molecular formula is C14H18N4O2. The number of anilines is 1. The van der Waals surface area contributed by atoms with Crippen LogP contribution in [0.1, 0.15) is 25.3 Å². The lowest BCUT2D eigenvalue weighted by atomic mass is 9.81. The molecule has 6 nitrogen and oxygen atoms in total. The minimum absolute atomic E-state index is 0.0402. The monoisotopic (exact) mass is 274 g/mol. The fourth-order valence-corrected chi connectivity index (χ4v) is 2.42. The predicted octanol–water partition coefficient (Wildman–Crippen LogP) is 2.27. The molecule has 1 aromatic carbocycles. The largest absolute Gasteiger partial charge is 0.379 e. The second-order valence-electron chi connectivity index (χ2n) is 5.52. The van der Waals surface area contributed by atoms with Crippen LogP contribution in [0.4, 0.5) is 11.4 Å². The van der Waals surface area contributed by atoms with Gasteiger partial charge in [0, 0.05) is 12.6 Å². The van der Waals surface area contributed by atoms with Crippen LogP contribution < -0.4 is 10.6 Å². The van der Waals surface area contributed by atoms with Crippen LogP contribution in [0.2, 0.25) is 0 Å². The van der Waals surface area contributed by atoms with Crippen molar-refractivity contribution in [2.45, 2.75) is 19.8 Å². The van der Waals surface area contributed by atoms with E-state index < -0.39 is 4.92 Å². The molecule has 1 heterocycles. The Morgan fingerprint density at radius 2 is 2.20 bits per heavy atom. The van der Waals surface area contributed by atoms with Crippen molar-refractivity contribution in [1.82, 2.24) is 5.32 Å². The van der Waals surface area contributed by atoms with Gasteiger partial charge < -0.3 is 10.6 Å². The number of nitrogens with zero attached hydrogens (tertiary/aromatic N) is 2. The third kappa shape index (κ3) is 3.25. The smallest absolute Gasteiger partial charge is 0.293 e. The number of nitriles is 1. The molecule has 0 atom stereocenters. The Labute approximate surface area is 117 Å². The van der Waals surface area contributed by atoms with Gasteiger partial charge in [0.05, 0.1) is 16.6 Å². The summed E-state index contributed by atoms with van der Waals surface area (Å²) < 4.78 is 0. The second-order valence-corrected chi connectivity index (χ2v) is 5.52. The van der Waals surface area contributed by atoms with Crippen molar-refractivity contribution in [3.8, 4) is 6.07 Å². The molecule has 0 aliphatic carbocycles. The zero-order valence-electron chi connectivity index (χ0n) is 11.5. The van der Waals surface area contributed by atoms with Gasteiger partial charge in [-0.25, -0.2) is 0 Å². The molecule has 0 radical (unpaired) electrons. The van der Waals surface area contributed by atoms with Crippen LogP contribution in [0.15, 0.2) is 18.2 Å². The maximum atomic E-state index is 11.1. The van der Waals surface area contributed by atoms with Gasteiger partial charge in [-0.15, -0.1) is 0 Å². The molecule has 2 N–H and O–H groups in total. The van der Waals surface area contributed by atoms with Gasteiger partial charge in [-0.1, -0.05) is 6.92 Å². The fraction of sp³-hybridized carbons (Fsp3) is 0.500. The molecule has 0 bridgehead atoms. The molecule has 106 valence electrons. The molecule has 6 heteroatoms. The first-order valence-corrected chi connectivity index (χ1v) is 6.67. The van der Waals surface area contributed by atoms with Crippen molar-refractivity contribution in [3.63, 3.8) is 0 Å². The number of hydrogen-bond donors (Lipinski definition) is 2. The van der Waals surface area contributed by atoms with Crippen LogP contribution in [0.25, 0.3) is 0 Å². The van der Waals surface area contributed by atoms with Gasteiger partial charge in [0.2, 0.25) is 0 Å². The number of nitro benzene ring substituents is 1. The Morgan fingerprint density at radius 1 is 1.50 bits per heavy atom. The minimum Gasteiger partial charge on any atom is -0.379 e. The van der Waals surface area contributed by atoms with Gasteiger partial charge in [-0.2, -0.15) is 5.26 Å². The van der Waals surface area contributed by atoms with Gasteiger partial charge in [0.1, 0.15) is 5.69 Å². The minimum atomic E-state index is -0.450. The third-order valence-corrected chi connectivity index (χ3v) is 3.84. The first-order chi connectivity index (χ1) is 9.54. The van der Waals surface area contributed by atoms with Crippen LogP contribution in [-0.2, 0) is 0 Å². The summed E-state index contributed by atoms with van der Waals surface area (Å²) in [6.07, 6.45) is 2.09. The first-order valence-electron chi connectivity index (χ1n) is 6.67. The molecule has 0 saturated carbocycles. The highest BCUT2D eigenvalue weighted by molar-refractivity contribution is 5.64. The van der Waals surface area contributed by atoms with Crippen molar-refractivity contribution in [2.24, 2.45) is 5.41 Å². The van der Waals surface area contributed by atoms with E-state index in [2.05, 4.69) is 17.6 Å². The second kappa shape index (κ2) is 5.88. The van der Waals surface area contributed by atoms with E-state index in [1.165, 1.54) is 6.07 Å². The van der Waals surface area contributed by atoms with E-state index in [1.807, 2.05) is 6.07 Å². The number of nitrogens with one attached hydrogen (secondary N) is 2. The Bertz CT molecular complexity index is 545. The van der Waals surface area contributed by atoms with Crippen molar-refractivity contribution >= 4 is 11.4 Å². The van der Waals surface area contributed by atoms with Crippen LogP contribution >= 0.6 is 0 Å². The summed E-state index contributed by atoms with van der Waals surface area (Å²) in [6.45, 7) is 4.85. The molecule has 2 rings (SSSR count). The van der Waals surface area contributed by atoms with E-state index in [0.29, 0.717) is 17.8 Å². The lowest BCUT2D eigenvalue weighted by molar-refractivity contribution is -0.384. The number of rotatable bonds is 4. The maximum absolute atomic E-state index is 11.1. The van der Waals surface area contributed by atoms with Crippen LogP contribution in [0, 0.1) is 26.9 Å². The number of piperidine rings is 1. The molecule has 0 unspecified atom stereocenters.